The number of carbonyl (C=O) groups is 2. The van der Waals surface area contributed by atoms with Gasteiger partial charge in [0.05, 0.1) is 12.5 Å². The fraction of sp³-hybridized carbons (Fsp3) is 0.400. The number of furan rings is 1. The van der Waals surface area contributed by atoms with Crippen molar-refractivity contribution in [1.82, 2.24) is 9.80 Å². The van der Waals surface area contributed by atoms with Gasteiger partial charge in [0.2, 0.25) is 5.91 Å². The number of aryl methyl sites for hydroxylation is 1. The molecule has 0 bridgehead atoms. The molecule has 0 unspecified atom stereocenters. The fourth-order valence-electron chi connectivity index (χ4n) is 3.33. The second-order valence-corrected chi connectivity index (χ2v) is 7.24. The molecule has 1 aromatic heterocycles. The average Bonchev–Trinajstić information content (AvgIpc) is 3.06. The summed E-state index contributed by atoms with van der Waals surface area (Å²) in [5.74, 6) is 1.42. The summed E-state index contributed by atoms with van der Waals surface area (Å²) in [6, 6.07) is 10.6. The van der Waals surface area contributed by atoms with Gasteiger partial charge in [-0.15, -0.1) is 0 Å². The molecule has 1 fully saturated rings. The van der Waals surface area contributed by atoms with Crippen molar-refractivity contribution in [1.29, 1.82) is 0 Å². The Kier molecular flexibility index (Phi) is 5.67. The Bertz CT molecular complexity index is 785. The maximum Gasteiger partial charge on any atom is 0.253 e. The van der Waals surface area contributed by atoms with Crippen LogP contribution in [-0.2, 0) is 11.3 Å². The normalized spacial score (nSPS) is 17.2. The monoisotopic (exact) mass is 374 g/mol. The molecule has 1 aromatic carbocycles. The zero-order valence-corrected chi connectivity index (χ0v) is 15.8. The number of likely N-dealkylation sites (tertiary alicyclic amines) is 1. The second kappa shape index (κ2) is 7.96. The first-order chi connectivity index (χ1) is 12.4. The molecule has 5 nitrogen and oxygen atoms in total. The number of carbonyl (C=O) groups excluding carboxylic acids is 2. The van der Waals surface area contributed by atoms with Crippen LogP contribution in [0.1, 0.15) is 34.7 Å². The van der Waals surface area contributed by atoms with Gasteiger partial charge in [-0.05, 0) is 56.2 Å². The Balaban J connectivity index is 1.62. The smallest absolute Gasteiger partial charge is 0.253 e. The number of hydrogen-bond acceptors (Lipinski definition) is 3. The Hall–Kier alpha value is -2.27. The summed E-state index contributed by atoms with van der Waals surface area (Å²) in [7, 11) is 1.78. The largest absolute Gasteiger partial charge is 0.464 e. The lowest BCUT2D eigenvalue weighted by atomic mass is 9.96. The van der Waals surface area contributed by atoms with Gasteiger partial charge in [-0.3, -0.25) is 9.59 Å². The Labute approximate surface area is 158 Å². The Morgan fingerprint density at radius 2 is 1.96 bits per heavy atom. The van der Waals surface area contributed by atoms with E-state index < -0.39 is 0 Å². The number of halogens is 1. The highest BCUT2D eigenvalue weighted by atomic mass is 35.5. The van der Waals surface area contributed by atoms with Gasteiger partial charge in [0, 0.05) is 30.7 Å². The fourth-order valence-corrected chi connectivity index (χ4v) is 3.46. The van der Waals surface area contributed by atoms with Crippen LogP contribution in [0.5, 0.6) is 0 Å². The van der Waals surface area contributed by atoms with Crippen molar-refractivity contribution >= 4 is 23.4 Å². The molecule has 3 rings (SSSR count). The predicted octanol–water partition coefficient (Wildman–Crippen LogP) is 3.75. The van der Waals surface area contributed by atoms with Gasteiger partial charge >= 0.3 is 0 Å². The highest BCUT2D eigenvalue weighted by Crippen LogP contribution is 2.22. The van der Waals surface area contributed by atoms with Gasteiger partial charge in [0.25, 0.3) is 5.91 Å². The summed E-state index contributed by atoms with van der Waals surface area (Å²) in [6.07, 6.45) is 1.62. The molecular formula is C20H23ClN2O3. The van der Waals surface area contributed by atoms with Crippen molar-refractivity contribution in [2.75, 3.05) is 20.1 Å². The van der Waals surface area contributed by atoms with Crippen LogP contribution in [0, 0.1) is 12.8 Å². The molecule has 1 aliphatic rings. The van der Waals surface area contributed by atoms with Crippen LogP contribution in [0.3, 0.4) is 0 Å². The Morgan fingerprint density at radius 3 is 2.62 bits per heavy atom. The van der Waals surface area contributed by atoms with Gasteiger partial charge in [0.15, 0.2) is 0 Å². The second-order valence-electron chi connectivity index (χ2n) is 6.80. The maximum absolute atomic E-state index is 12.8. The highest BCUT2D eigenvalue weighted by Gasteiger charge is 2.30. The minimum absolute atomic E-state index is 0.0488. The summed E-state index contributed by atoms with van der Waals surface area (Å²) < 4.78 is 5.55. The van der Waals surface area contributed by atoms with Crippen LogP contribution in [-0.4, -0.2) is 41.8 Å². The molecule has 2 amide bonds. The molecule has 1 saturated heterocycles. The van der Waals surface area contributed by atoms with Gasteiger partial charge in [-0.2, -0.15) is 0 Å². The molecule has 0 spiro atoms. The van der Waals surface area contributed by atoms with Gasteiger partial charge in [0.1, 0.15) is 11.5 Å². The molecule has 2 aromatic rings. The van der Waals surface area contributed by atoms with E-state index in [1.54, 1.807) is 41.1 Å². The van der Waals surface area contributed by atoms with E-state index in [4.69, 9.17) is 16.0 Å². The van der Waals surface area contributed by atoms with E-state index in [0.717, 1.165) is 24.4 Å². The molecule has 2 heterocycles. The minimum atomic E-state index is -0.180. The number of rotatable bonds is 4. The van der Waals surface area contributed by atoms with E-state index in [9.17, 15) is 9.59 Å². The zero-order chi connectivity index (χ0) is 18.7. The SMILES string of the molecule is Cc1ccc(CN(C)C(=O)[C@H]2CCCN(C(=O)c3ccc(Cl)cc3)C2)o1. The average molecular weight is 375 g/mol. The number of nitrogens with zero attached hydrogens (tertiary/aromatic N) is 2. The molecule has 0 radical (unpaired) electrons. The van der Waals surface area contributed by atoms with Crippen LogP contribution in [0.4, 0.5) is 0 Å². The van der Waals surface area contributed by atoms with Crippen LogP contribution in [0.25, 0.3) is 0 Å². The van der Waals surface area contributed by atoms with Gasteiger partial charge in [-0.25, -0.2) is 0 Å². The third-order valence-corrected chi connectivity index (χ3v) is 4.97. The summed E-state index contributed by atoms with van der Waals surface area (Å²) in [4.78, 5) is 28.9. The first-order valence-corrected chi connectivity index (χ1v) is 9.17. The van der Waals surface area contributed by atoms with Crippen molar-refractivity contribution in [3.63, 3.8) is 0 Å². The lowest BCUT2D eigenvalue weighted by molar-refractivity contribution is -0.136. The summed E-state index contributed by atoms with van der Waals surface area (Å²) in [5.41, 5.74) is 0.599. The zero-order valence-electron chi connectivity index (χ0n) is 15.1. The van der Waals surface area contributed by atoms with E-state index in [2.05, 4.69) is 0 Å². The Morgan fingerprint density at radius 1 is 1.23 bits per heavy atom. The number of amides is 2. The van der Waals surface area contributed by atoms with Crippen molar-refractivity contribution in [3.8, 4) is 0 Å². The topological polar surface area (TPSA) is 53.8 Å². The van der Waals surface area contributed by atoms with Crippen molar-refractivity contribution in [2.45, 2.75) is 26.3 Å². The lowest BCUT2D eigenvalue weighted by Crippen LogP contribution is -2.45. The molecule has 0 aliphatic carbocycles. The predicted molar refractivity (Wildman–Crippen MR) is 100.0 cm³/mol. The molecule has 6 heteroatoms. The summed E-state index contributed by atoms with van der Waals surface area (Å²) in [6.45, 7) is 3.44. The molecule has 1 atom stereocenters. The number of benzene rings is 1. The van der Waals surface area contributed by atoms with E-state index in [1.165, 1.54) is 0 Å². The standard InChI is InChI=1S/C20H23ClN2O3/c1-14-5-10-18(26-14)13-22(2)19(24)16-4-3-11-23(12-16)20(25)15-6-8-17(21)9-7-15/h5-10,16H,3-4,11-13H2,1-2H3/t16-/m0/s1. The summed E-state index contributed by atoms with van der Waals surface area (Å²) >= 11 is 5.89. The minimum Gasteiger partial charge on any atom is -0.464 e. The van der Waals surface area contributed by atoms with E-state index in [1.807, 2.05) is 19.1 Å². The number of hydrogen-bond donors (Lipinski definition) is 0. The maximum atomic E-state index is 12.8. The van der Waals surface area contributed by atoms with Crippen LogP contribution in [0.2, 0.25) is 5.02 Å². The first-order valence-electron chi connectivity index (χ1n) is 8.79. The van der Waals surface area contributed by atoms with Crippen molar-refractivity contribution in [2.24, 2.45) is 5.92 Å². The molecule has 138 valence electrons. The quantitative estimate of drug-likeness (QED) is 0.818. The van der Waals surface area contributed by atoms with Gasteiger partial charge < -0.3 is 14.2 Å². The van der Waals surface area contributed by atoms with Gasteiger partial charge in [-0.1, -0.05) is 11.6 Å². The van der Waals surface area contributed by atoms with Crippen LogP contribution in [0.15, 0.2) is 40.8 Å². The lowest BCUT2D eigenvalue weighted by Gasteiger charge is -2.34. The van der Waals surface area contributed by atoms with E-state index >= 15 is 0 Å². The van der Waals surface area contributed by atoms with Crippen molar-refractivity contribution in [3.05, 3.63) is 58.5 Å². The molecule has 1 aliphatic heterocycles. The summed E-state index contributed by atoms with van der Waals surface area (Å²) in [5, 5.41) is 0.600. The molecule has 0 saturated carbocycles. The van der Waals surface area contributed by atoms with E-state index in [0.29, 0.717) is 30.2 Å². The molecule has 0 N–H and O–H groups in total. The first kappa shape index (κ1) is 18.5. The molecule has 26 heavy (non-hydrogen) atoms. The third-order valence-electron chi connectivity index (χ3n) is 4.71. The third kappa shape index (κ3) is 4.28. The van der Waals surface area contributed by atoms with Crippen LogP contribution >= 0.6 is 11.6 Å². The highest BCUT2D eigenvalue weighted by molar-refractivity contribution is 6.30. The number of piperidine rings is 1. The molecular weight excluding hydrogens is 352 g/mol. The van der Waals surface area contributed by atoms with Crippen molar-refractivity contribution < 1.29 is 14.0 Å². The van der Waals surface area contributed by atoms with Crippen LogP contribution < -0.4 is 0 Å². The van der Waals surface area contributed by atoms with E-state index in [-0.39, 0.29) is 17.7 Å².